The molecule has 0 heterocycles. The highest BCUT2D eigenvalue weighted by molar-refractivity contribution is 5.69. The quantitative estimate of drug-likeness (QED) is 0.115. The second-order valence-corrected chi connectivity index (χ2v) is 8.20. The minimum Gasteiger partial charge on any atom is -0.463 e. The summed E-state index contributed by atoms with van der Waals surface area (Å²) in [6, 6.07) is 0. The van der Waals surface area contributed by atoms with E-state index in [9.17, 15) is 9.59 Å². The zero-order valence-corrected chi connectivity index (χ0v) is 22.2. The first-order valence-electron chi connectivity index (χ1n) is 13.3. The van der Waals surface area contributed by atoms with Crippen molar-refractivity contribution in [1.82, 2.24) is 0 Å². The third-order valence-corrected chi connectivity index (χ3v) is 5.00. The molecule has 0 N–H and O–H groups in total. The number of carbonyl (C=O) groups is 2. The zero-order chi connectivity index (χ0) is 25.7. The van der Waals surface area contributed by atoms with Crippen LogP contribution in [0.25, 0.3) is 0 Å². The Labute approximate surface area is 212 Å². The Balaban J connectivity index is 3.13. The van der Waals surface area contributed by atoms with E-state index in [2.05, 4.69) is 6.92 Å². The van der Waals surface area contributed by atoms with Gasteiger partial charge in [-0.1, -0.05) is 58.3 Å². The van der Waals surface area contributed by atoms with Crippen LogP contribution in [0, 0.1) is 0 Å². The first kappa shape index (κ1) is 33.7. The van der Waals surface area contributed by atoms with E-state index < -0.39 is 0 Å². The molecule has 0 fully saturated rings. The number of rotatable bonds is 28. The molecule has 0 aromatic carbocycles. The summed E-state index contributed by atoms with van der Waals surface area (Å²) < 4.78 is 36.8. The number of unbranched alkanes of at least 4 members (excludes halogenated alkanes) is 8. The molecule has 0 rings (SSSR count). The fourth-order valence-corrected chi connectivity index (χ4v) is 3.09. The molecule has 0 amide bonds. The number of carbonyl (C=O) groups excluding carboxylic acids is 2. The van der Waals surface area contributed by atoms with Crippen molar-refractivity contribution in [2.45, 2.75) is 78.1 Å². The van der Waals surface area contributed by atoms with Gasteiger partial charge in [0, 0.05) is 13.3 Å². The van der Waals surface area contributed by atoms with Gasteiger partial charge in [0.05, 0.1) is 66.1 Å². The van der Waals surface area contributed by atoms with E-state index >= 15 is 0 Å². The Kier molecular flexibility index (Phi) is 27.9. The van der Waals surface area contributed by atoms with Crippen LogP contribution in [0.4, 0.5) is 0 Å². The molecule has 35 heavy (non-hydrogen) atoms. The average Bonchev–Trinajstić information content (AvgIpc) is 2.84. The lowest BCUT2D eigenvalue weighted by atomic mass is 10.1. The van der Waals surface area contributed by atoms with Gasteiger partial charge in [-0.05, 0) is 6.42 Å². The van der Waals surface area contributed by atoms with Gasteiger partial charge in [-0.2, -0.15) is 0 Å². The fourth-order valence-electron chi connectivity index (χ4n) is 3.09. The Morgan fingerprint density at radius 3 is 1.20 bits per heavy atom. The Morgan fingerprint density at radius 1 is 0.457 bits per heavy atom. The lowest BCUT2D eigenvalue weighted by Crippen LogP contribution is -2.15. The number of esters is 2. The molecule has 0 aliphatic carbocycles. The largest absolute Gasteiger partial charge is 0.463 e. The molecule has 0 saturated heterocycles. The number of ether oxygens (including phenoxy) is 7. The highest BCUT2D eigenvalue weighted by Gasteiger charge is 2.02. The summed E-state index contributed by atoms with van der Waals surface area (Å²) in [7, 11) is 0. The SMILES string of the molecule is CCCCCCCCCCCC(=O)OCCOCCOCCOCCOCCOCCOC(C)=O. The second-order valence-electron chi connectivity index (χ2n) is 8.20. The Hall–Kier alpha value is -1.26. The van der Waals surface area contributed by atoms with Crippen LogP contribution in [0.15, 0.2) is 0 Å². The van der Waals surface area contributed by atoms with Crippen LogP contribution in [0.5, 0.6) is 0 Å². The number of hydrogen-bond acceptors (Lipinski definition) is 9. The first-order chi connectivity index (χ1) is 17.2. The molecule has 0 atom stereocenters. The van der Waals surface area contributed by atoms with E-state index in [0.29, 0.717) is 72.5 Å². The van der Waals surface area contributed by atoms with Crippen molar-refractivity contribution in [2.75, 3.05) is 79.3 Å². The molecular weight excluding hydrogens is 456 g/mol. The maximum absolute atomic E-state index is 11.7. The summed E-state index contributed by atoms with van der Waals surface area (Å²) in [5, 5.41) is 0. The van der Waals surface area contributed by atoms with Crippen LogP contribution in [-0.2, 0) is 42.7 Å². The van der Waals surface area contributed by atoms with Crippen molar-refractivity contribution in [3.05, 3.63) is 0 Å². The standard InChI is InChI=1S/C26H50O9/c1-3-4-5-6-7-8-9-10-11-12-26(28)35-24-22-33-20-18-31-16-14-29-13-15-30-17-19-32-21-23-34-25(2)27/h3-24H2,1-2H3. The van der Waals surface area contributed by atoms with E-state index in [1.54, 1.807) is 0 Å². The van der Waals surface area contributed by atoms with Gasteiger partial charge in [0.15, 0.2) is 0 Å². The Bertz CT molecular complexity index is 460. The molecule has 0 bridgehead atoms. The van der Waals surface area contributed by atoms with Gasteiger partial charge in [-0.3, -0.25) is 9.59 Å². The van der Waals surface area contributed by atoms with Crippen molar-refractivity contribution in [2.24, 2.45) is 0 Å². The van der Waals surface area contributed by atoms with E-state index in [1.165, 1.54) is 51.9 Å². The van der Waals surface area contributed by atoms with Crippen LogP contribution < -0.4 is 0 Å². The molecule has 208 valence electrons. The molecule has 0 aromatic heterocycles. The summed E-state index contributed by atoms with van der Waals surface area (Å²) in [6.07, 6.45) is 11.6. The summed E-state index contributed by atoms with van der Waals surface area (Å²) in [5.74, 6) is -0.448. The van der Waals surface area contributed by atoms with Crippen LogP contribution in [0.1, 0.15) is 78.1 Å². The summed E-state index contributed by atoms with van der Waals surface area (Å²) in [5.41, 5.74) is 0. The second kappa shape index (κ2) is 29.0. The van der Waals surface area contributed by atoms with E-state index in [0.717, 1.165) is 12.8 Å². The predicted octanol–water partition coefficient (Wildman–Crippen LogP) is 4.10. The minimum atomic E-state index is -0.309. The average molecular weight is 507 g/mol. The van der Waals surface area contributed by atoms with Crippen LogP contribution in [-0.4, -0.2) is 91.2 Å². The molecular formula is C26H50O9. The van der Waals surface area contributed by atoms with Crippen LogP contribution in [0.2, 0.25) is 0 Å². The molecule has 0 unspecified atom stereocenters. The minimum absolute atomic E-state index is 0.138. The monoisotopic (exact) mass is 506 g/mol. The van der Waals surface area contributed by atoms with Gasteiger partial charge < -0.3 is 33.2 Å². The lowest BCUT2D eigenvalue weighted by molar-refractivity contribution is -0.145. The molecule has 0 saturated carbocycles. The van der Waals surface area contributed by atoms with Crippen molar-refractivity contribution >= 4 is 11.9 Å². The third kappa shape index (κ3) is 30.7. The van der Waals surface area contributed by atoms with Crippen molar-refractivity contribution in [1.29, 1.82) is 0 Å². The van der Waals surface area contributed by atoms with Crippen LogP contribution in [0.3, 0.4) is 0 Å². The van der Waals surface area contributed by atoms with Gasteiger partial charge in [-0.25, -0.2) is 0 Å². The molecule has 9 heteroatoms. The zero-order valence-electron chi connectivity index (χ0n) is 22.2. The van der Waals surface area contributed by atoms with Gasteiger partial charge in [0.25, 0.3) is 0 Å². The van der Waals surface area contributed by atoms with Gasteiger partial charge >= 0.3 is 11.9 Å². The summed E-state index contributed by atoms with van der Waals surface area (Å²) in [6.45, 7) is 8.66. The van der Waals surface area contributed by atoms with E-state index in [-0.39, 0.29) is 25.2 Å². The first-order valence-corrected chi connectivity index (χ1v) is 13.3. The van der Waals surface area contributed by atoms with Crippen LogP contribution >= 0.6 is 0 Å². The van der Waals surface area contributed by atoms with Crippen molar-refractivity contribution in [3.8, 4) is 0 Å². The summed E-state index contributed by atoms with van der Waals surface area (Å²) in [4.78, 5) is 22.3. The smallest absolute Gasteiger partial charge is 0.305 e. The molecule has 9 nitrogen and oxygen atoms in total. The highest BCUT2D eigenvalue weighted by atomic mass is 16.6. The maximum Gasteiger partial charge on any atom is 0.305 e. The van der Waals surface area contributed by atoms with Gasteiger partial charge in [0.2, 0.25) is 0 Å². The molecule has 0 aliphatic heterocycles. The molecule has 0 spiro atoms. The normalized spacial score (nSPS) is 11.0. The molecule has 0 aliphatic rings. The van der Waals surface area contributed by atoms with E-state index in [4.69, 9.17) is 33.2 Å². The third-order valence-electron chi connectivity index (χ3n) is 5.00. The highest BCUT2D eigenvalue weighted by Crippen LogP contribution is 2.10. The predicted molar refractivity (Wildman–Crippen MR) is 134 cm³/mol. The maximum atomic E-state index is 11.7. The Morgan fingerprint density at radius 2 is 0.800 bits per heavy atom. The topological polar surface area (TPSA) is 98.8 Å². The number of hydrogen-bond donors (Lipinski definition) is 0. The van der Waals surface area contributed by atoms with Gasteiger partial charge in [-0.15, -0.1) is 0 Å². The molecule has 0 radical (unpaired) electrons. The van der Waals surface area contributed by atoms with Crippen molar-refractivity contribution in [3.63, 3.8) is 0 Å². The lowest BCUT2D eigenvalue weighted by Gasteiger charge is -2.08. The summed E-state index contributed by atoms with van der Waals surface area (Å²) >= 11 is 0. The molecule has 0 aromatic rings. The van der Waals surface area contributed by atoms with E-state index in [1.807, 2.05) is 0 Å². The van der Waals surface area contributed by atoms with Gasteiger partial charge in [0.1, 0.15) is 13.2 Å². The fraction of sp³-hybridized carbons (Fsp3) is 0.923. The van der Waals surface area contributed by atoms with Crippen molar-refractivity contribution < 1.29 is 42.7 Å².